The van der Waals surface area contributed by atoms with Gasteiger partial charge in [-0.25, -0.2) is 0 Å². The van der Waals surface area contributed by atoms with Crippen molar-refractivity contribution >= 4 is 0 Å². The van der Waals surface area contributed by atoms with Crippen LogP contribution in [0.15, 0.2) is 12.2 Å². The zero-order valence-corrected chi connectivity index (χ0v) is 10.4. The first-order valence-electron chi connectivity index (χ1n) is 6.42. The number of hydrogen-bond acceptors (Lipinski definition) is 0. The molecule has 14 heavy (non-hydrogen) atoms. The molecule has 0 aliphatic heterocycles. The molecule has 0 aliphatic rings. The molecule has 0 radical (unpaired) electrons. The molecule has 0 aromatic heterocycles. The summed E-state index contributed by atoms with van der Waals surface area (Å²) in [5.74, 6) is 0.886. The van der Waals surface area contributed by atoms with Gasteiger partial charge in [-0.1, -0.05) is 70.9 Å². The van der Waals surface area contributed by atoms with E-state index in [0.29, 0.717) is 0 Å². The van der Waals surface area contributed by atoms with Crippen molar-refractivity contribution in [2.24, 2.45) is 5.92 Å². The largest absolute Gasteiger partial charge is 0.0917 e. The van der Waals surface area contributed by atoms with Crippen LogP contribution in [0.2, 0.25) is 0 Å². The smallest absolute Gasteiger partial charge is 0.0325 e. The van der Waals surface area contributed by atoms with E-state index in [1.54, 1.807) is 0 Å². The molecular formula is C14H28. The van der Waals surface area contributed by atoms with Crippen molar-refractivity contribution in [1.29, 1.82) is 0 Å². The van der Waals surface area contributed by atoms with Crippen LogP contribution in [-0.4, -0.2) is 0 Å². The Morgan fingerprint density at radius 3 is 2.29 bits per heavy atom. The first-order valence-corrected chi connectivity index (χ1v) is 6.42. The zero-order chi connectivity index (χ0) is 10.6. The van der Waals surface area contributed by atoms with Crippen LogP contribution >= 0.6 is 0 Å². The highest BCUT2D eigenvalue weighted by Crippen LogP contribution is 2.14. The zero-order valence-electron chi connectivity index (χ0n) is 10.4. The van der Waals surface area contributed by atoms with Crippen molar-refractivity contribution in [3.05, 3.63) is 12.2 Å². The fourth-order valence-electron chi connectivity index (χ4n) is 1.76. The molecule has 0 rings (SSSR count). The normalized spacial score (nSPS) is 13.6. The molecule has 0 heteroatoms. The van der Waals surface area contributed by atoms with Gasteiger partial charge in [0.1, 0.15) is 0 Å². The Morgan fingerprint density at radius 2 is 1.64 bits per heavy atom. The van der Waals surface area contributed by atoms with Gasteiger partial charge >= 0.3 is 0 Å². The van der Waals surface area contributed by atoms with E-state index in [-0.39, 0.29) is 0 Å². The van der Waals surface area contributed by atoms with Crippen LogP contribution in [0.3, 0.4) is 0 Å². The topological polar surface area (TPSA) is 0 Å². The van der Waals surface area contributed by atoms with Crippen molar-refractivity contribution in [2.75, 3.05) is 0 Å². The van der Waals surface area contributed by atoms with E-state index in [2.05, 4.69) is 32.9 Å². The fourth-order valence-corrected chi connectivity index (χ4v) is 1.76. The number of unbranched alkanes of at least 4 members (excludes halogenated alkanes) is 5. The van der Waals surface area contributed by atoms with Crippen LogP contribution in [0.25, 0.3) is 0 Å². The van der Waals surface area contributed by atoms with E-state index in [4.69, 9.17) is 0 Å². The van der Waals surface area contributed by atoms with Gasteiger partial charge in [-0.15, -0.1) is 0 Å². The molecule has 0 fully saturated rings. The number of hydrogen-bond donors (Lipinski definition) is 0. The summed E-state index contributed by atoms with van der Waals surface area (Å²) in [4.78, 5) is 0. The van der Waals surface area contributed by atoms with Gasteiger partial charge in [0.2, 0.25) is 0 Å². The van der Waals surface area contributed by atoms with Crippen LogP contribution < -0.4 is 0 Å². The molecule has 1 atom stereocenters. The molecule has 0 amide bonds. The molecule has 1 unspecified atom stereocenters. The van der Waals surface area contributed by atoms with E-state index in [9.17, 15) is 0 Å². The quantitative estimate of drug-likeness (QED) is 0.345. The maximum atomic E-state index is 2.37. The predicted octanol–water partition coefficient (Wildman–Crippen LogP) is 5.34. The molecule has 0 spiro atoms. The second-order valence-electron chi connectivity index (χ2n) is 4.47. The highest BCUT2D eigenvalue weighted by molar-refractivity contribution is 4.78. The lowest BCUT2D eigenvalue weighted by Crippen LogP contribution is -1.92. The molecule has 0 aromatic carbocycles. The Hall–Kier alpha value is -0.260. The second kappa shape index (κ2) is 10.8. The number of rotatable bonds is 9. The maximum Gasteiger partial charge on any atom is -0.0325 e. The summed E-state index contributed by atoms with van der Waals surface area (Å²) in [5.41, 5.74) is 0. The molecule has 0 bridgehead atoms. The molecular weight excluding hydrogens is 168 g/mol. The summed E-state index contributed by atoms with van der Waals surface area (Å²) in [6.45, 7) is 6.75. The lowest BCUT2D eigenvalue weighted by atomic mass is 9.99. The lowest BCUT2D eigenvalue weighted by molar-refractivity contribution is 0.487. The van der Waals surface area contributed by atoms with E-state index < -0.39 is 0 Å². The molecule has 0 saturated heterocycles. The minimum atomic E-state index is 0.886. The Balaban J connectivity index is 3.10. The summed E-state index contributed by atoms with van der Waals surface area (Å²) < 4.78 is 0. The van der Waals surface area contributed by atoms with Crippen molar-refractivity contribution in [3.63, 3.8) is 0 Å². The Morgan fingerprint density at radius 1 is 1.00 bits per heavy atom. The summed E-state index contributed by atoms with van der Waals surface area (Å²) in [6, 6.07) is 0. The highest BCUT2D eigenvalue weighted by atomic mass is 14.0. The standard InChI is InChI=1S/C14H28/c1-4-6-8-9-10-11-13-14(3)12-7-5-2/h5,7,14H,4,6,8-13H2,1-3H3. The second-order valence-corrected chi connectivity index (χ2v) is 4.47. The van der Waals surface area contributed by atoms with E-state index in [1.165, 1.54) is 51.4 Å². The Labute approximate surface area is 90.8 Å². The minimum Gasteiger partial charge on any atom is -0.0917 e. The first kappa shape index (κ1) is 13.7. The van der Waals surface area contributed by atoms with Gasteiger partial charge in [0, 0.05) is 0 Å². The van der Waals surface area contributed by atoms with Crippen LogP contribution in [0.1, 0.15) is 72.1 Å². The van der Waals surface area contributed by atoms with Gasteiger partial charge in [0.05, 0.1) is 0 Å². The third-order valence-electron chi connectivity index (χ3n) is 2.82. The molecule has 0 aliphatic carbocycles. The van der Waals surface area contributed by atoms with Gasteiger partial charge in [0.25, 0.3) is 0 Å². The van der Waals surface area contributed by atoms with Crippen LogP contribution in [0.4, 0.5) is 0 Å². The minimum absolute atomic E-state index is 0.886. The summed E-state index contributed by atoms with van der Waals surface area (Å²) in [6.07, 6.45) is 15.7. The van der Waals surface area contributed by atoms with Crippen molar-refractivity contribution in [3.8, 4) is 0 Å². The molecule has 84 valence electrons. The third kappa shape index (κ3) is 9.83. The third-order valence-corrected chi connectivity index (χ3v) is 2.82. The SMILES string of the molecule is CC=CCC(C)CCCCCCCC. The van der Waals surface area contributed by atoms with E-state index in [1.807, 2.05) is 0 Å². The van der Waals surface area contributed by atoms with E-state index >= 15 is 0 Å². The predicted molar refractivity (Wildman–Crippen MR) is 66.6 cm³/mol. The maximum absolute atomic E-state index is 2.37. The molecule has 0 nitrogen and oxygen atoms in total. The Kier molecular flexibility index (Phi) is 10.6. The average Bonchev–Trinajstić information content (AvgIpc) is 2.20. The van der Waals surface area contributed by atoms with Crippen molar-refractivity contribution in [1.82, 2.24) is 0 Å². The first-order chi connectivity index (χ1) is 6.81. The van der Waals surface area contributed by atoms with Gasteiger partial charge in [-0.3, -0.25) is 0 Å². The molecule has 0 N–H and O–H groups in total. The molecule has 0 heterocycles. The highest BCUT2D eigenvalue weighted by Gasteiger charge is 1.98. The molecule has 0 aromatic rings. The monoisotopic (exact) mass is 196 g/mol. The van der Waals surface area contributed by atoms with Crippen LogP contribution in [0.5, 0.6) is 0 Å². The van der Waals surface area contributed by atoms with E-state index in [0.717, 1.165) is 5.92 Å². The lowest BCUT2D eigenvalue weighted by Gasteiger charge is -2.07. The van der Waals surface area contributed by atoms with Gasteiger partial charge < -0.3 is 0 Å². The average molecular weight is 196 g/mol. The van der Waals surface area contributed by atoms with Gasteiger partial charge in [0.15, 0.2) is 0 Å². The summed E-state index contributed by atoms with van der Waals surface area (Å²) in [7, 11) is 0. The van der Waals surface area contributed by atoms with Crippen LogP contribution in [0, 0.1) is 5.92 Å². The summed E-state index contributed by atoms with van der Waals surface area (Å²) in [5, 5.41) is 0. The van der Waals surface area contributed by atoms with Crippen LogP contribution in [-0.2, 0) is 0 Å². The molecule has 0 saturated carbocycles. The van der Waals surface area contributed by atoms with Crippen molar-refractivity contribution < 1.29 is 0 Å². The van der Waals surface area contributed by atoms with Gasteiger partial charge in [-0.05, 0) is 19.3 Å². The summed E-state index contributed by atoms with van der Waals surface area (Å²) >= 11 is 0. The van der Waals surface area contributed by atoms with Gasteiger partial charge in [-0.2, -0.15) is 0 Å². The Bertz CT molecular complexity index is 124. The number of allylic oxidation sites excluding steroid dienone is 2. The van der Waals surface area contributed by atoms with Crippen molar-refractivity contribution in [2.45, 2.75) is 72.1 Å². The fraction of sp³-hybridized carbons (Fsp3) is 0.857.